The Hall–Kier alpha value is -0.710. The number of aliphatic carboxylic acids is 1. The predicted octanol–water partition coefficient (Wildman–Crippen LogP) is 1.33. The van der Waals surface area contributed by atoms with Gasteiger partial charge in [0.1, 0.15) is 5.41 Å². The first-order chi connectivity index (χ1) is 5.86. The minimum atomic E-state index is -2.92. The van der Waals surface area contributed by atoms with Crippen LogP contribution in [0.4, 0.5) is 8.78 Å². The van der Waals surface area contributed by atoms with Gasteiger partial charge in [-0.1, -0.05) is 13.8 Å². The summed E-state index contributed by atoms with van der Waals surface area (Å²) in [5.74, 6) is -1.63. The highest BCUT2D eigenvalue weighted by Crippen LogP contribution is 2.32. The van der Waals surface area contributed by atoms with Gasteiger partial charge in [-0.05, 0) is 12.3 Å². The number of carboxylic acids is 1. The monoisotopic (exact) mass is 195 g/mol. The largest absolute Gasteiger partial charge is 0.481 e. The van der Waals surface area contributed by atoms with Gasteiger partial charge < -0.3 is 10.8 Å². The van der Waals surface area contributed by atoms with Crippen molar-refractivity contribution >= 4 is 5.97 Å². The quantitative estimate of drug-likeness (QED) is 0.695. The molecule has 1 unspecified atom stereocenters. The molecular weight excluding hydrogens is 180 g/mol. The van der Waals surface area contributed by atoms with E-state index in [1.165, 1.54) is 0 Å². The van der Waals surface area contributed by atoms with Gasteiger partial charge in [-0.3, -0.25) is 4.79 Å². The zero-order valence-electron chi connectivity index (χ0n) is 7.76. The molecule has 13 heavy (non-hydrogen) atoms. The molecule has 0 bridgehead atoms. The third-order valence-electron chi connectivity index (χ3n) is 1.98. The van der Waals surface area contributed by atoms with Crippen LogP contribution >= 0.6 is 0 Å². The fraction of sp³-hybridized carbons (Fsp3) is 0.875. The summed E-state index contributed by atoms with van der Waals surface area (Å²) in [5.41, 5.74) is 3.02. The molecule has 1 atom stereocenters. The lowest BCUT2D eigenvalue weighted by Crippen LogP contribution is -2.45. The fourth-order valence-electron chi connectivity index (χ4n) is 1.26. The minimum Gasteiger partial charge on any atom is -0.481 e. The standard InChI is InChI=1S/C8H15F2NO2/c1-5(2)3-8(4-11,6(9)10)7(12)13/h5-6H,3-4,11H2,1-2H3,(H,12,13). The first-order valence-corrected chi connectivity index (χ1v) is 4.08. The first-order valence-electron chi connectivity index (χ1n) is 4.08. The molecule has 0 aromatic heterocycles. The average Bonchev–Trinajstić information content (AvgIpc) is 1.98. The lowest BCUT2D eigenvalue weighted by molar-refractivity contribution is -0.160. The molecule has 0 radical (unpaired) electrons. The zero-order chi connectivity index (χ0) is 10.6. The lowest BCUT2D eigenvalue weighted by Gasteiger charge is -2.28. The van der Waals surface area contributed by atoms with Crippen LogP contribution in [-0.4, -0.2) is 24.0 Å². The molecule has 0 aromatic rings. The maximum atomic E-state index is 12.5. The molecule has 0 aliphatic rings. The second-order valence-electron chi connectivity index (χ2n) is 3.56. The second-order valence-corrected chi connectivity index (χ2v) is 3.56. The summed E-state index contributed by atoms with van der Waals surface area (Å²) in [5, 5.41) is 8.68. The SMILES string of the molecule is CC(C)CC(CN)(C(=O)O)C(F)F. The van der Waals surface area contributed by atoms with Gasteiger partial charge >= 0.3 is 5.97 Å². The van der Waals surface area contributed by atoms with Crippen molar-refractivity contribution in [2.45, 2.75) is 26.7 Å². The minimum absolute atomic E-state index is 0.101. The highest BCUT2D eigenvalue weighted by Gasteiger charge is 2.46. The Morgan fingerprint density at radius 2 is 2.00 bits per heavy atom. The normalized spacial score (nSPS) is 16.2. The van der Waals surface area contributed by atoms with Crippen LogP contribution in [0.1, 0.15) is 20.3 Å². The van der Waals surface area contributed by atoms with Gasteiger partial charge in [-0.25, -0.2) is 8.78 Å². The number of alkyl halides is 2. The summed E-state index contributed by atoms with van der Waals surface area (Å²) in [6.07, 6.45) is -3.02. The van der Waals surface area contributed by atoms with Crippen LogP contribution in [-0.2, 0) is 4.79 Å². The Labute approximate surface area is 75.9 Å². The highest BCUT2D eigenvalue weighted by molar-refractivity contribution is 5.75. The topological polar surface area (TPSA) is 63.3 Å². The van der Waals surface area contributed by atoms with Gasteiger partial charge in [0.05, 0.1) is 0 Å². The van der Waals surface area contributed by atoms with E-state index in [2.05, 4.69) is 0 Å². The second kappa shape index (κ2) is 4.50. The van der Waals surface area contributed by atoms with Crippen molar-refractivity contribution in [1.29, 1.82) is 0 Å². The van der Waals surface area contributed by atoms with Gasteiger partial charge in [0.15, 0.2) is 0 Å². The number of carbonyl (C=O) groups is 1. The van der Waals surface area contributed by atoms with Crippen LogP contribution in [0.5, 0.6) is 0 Å². The Balaban J connectivity index is 4.76. The van der Waals surface area contributed by atoms with Crippen molar-refractivity contribution in [3.8, 4) is 0 Å². The van der Waals surface area contributed by atoms with E-state index in [1.54, 1.807) is 13.8 Å². The molecule has 78 valence electrons. The van der Waals surface area contributed by atoms with E-state index >= 15 is 0 Å². The van der Waals surface area contributed by atoms with Crippen molar-refractivity contribution in [2.24, 2.45) is 17.1 Å². The van der Waals surface area contributed by atoms with Crippen molar-refractivity contribution < 1.29 is 18.7 Å². The van der Waals surface area contributed by atoms with E-state index in [1.807, 2.05) is 0 Å². The van der Waals surface area contributed by atoms with Crippen LogP contribution in [0.2, 0.25) is 0 Å². The number of carboxylic acid groups (broad SMARTS) is 1. The summed E-state index contributed by atoms with van der Waals surface area (Å²) in [4.78, 5) is 10.7. The Morgan fingerprint density at radius 3 is 2.08 bits per heavy atom. The van der Waals surface area contributed by atoms with Crippen LogP contribution < -0.4 is 5.73 Å². The number of nitrogens with two attached hydrogens (primary N) is 1. The molecule has 0 rings (SSSR count). The van der Waals surface area contributed by atoms with E-state index in [4.69, 9.17) is 10.8 Å². The van der Waals surface area contributed by atoms with Crippen LogP contribution in [0.3, 0.4) is 0 Å². The fourth-order valence-corrected chi connectivity index (χ4v) is 1.26. The third kappa shape index (κ3) is 2.62. The molecule has 0 saturated carbocycles. The van der Waals surface area contributed by atoms with Crippen LogP contribution in [0.15, 0.2) is 0 Å². The van der Waals surface area contributed by atoms with Crippen molar-refractivity contribution in [2.75, 3.05) is 6.54 Å². The molecule has 3 nitrogen and oxygen atoms in total. The summed E-state index contributed by atoms with van der Waals surface area (Å²) in [6, 6.07) is 0. The Kier molecular flexibility index (Phi) is 4.26. The molecule has 3 N–H and O–H groups in total. The molecular formula is C8H15F2NO2. The highest BCUT2D eigenvalue weighted by atomic mass is 19.3. The maximum absolute atomic E-state index is 12.5. The molecule has 0 fully saturated rings. The number of hydrogen-bond acceptors (Lipinski definition) is 2. The zero-order valence-corrected chi connectivity index (χ0v) is 7.76. The van der Waals surface area contributed by atoms with Gasteiger partial charge in [0.25, 0.3) is 6.43 Å². The van der Waals surface area contributed by atoms with Gasteiger partial charge in [-0.15, -0.1) is 0 Å². The van der Waals surface area contributed by atoms with Crippen molar-refractivity contribution in [1.82, 2.24) is 0 Å². The summed E-state index contributed by atoms with van der Waals surface area (Å²) < 4.78 is 25.0. The molecule has 0 saturated heterocycles. The Bertz CT molecular complexity index is 185. The van der Waals surface area contributed by atoms with E-state index in [0.29, 0.717) is 0 Å². The van der Waals surface area contributed by atoms with Crippen molar-refractivity contribution in [3.63, 3.8) is 0 Å². The molecule has 0 aromatic carbocycles. The van der Waals surface area contributed by atoms with E-state index in [9.17, 15) is 13.6 Å². The molecule has 0 spiro atoms. The van der Waals surface area contributed by atoms with Crippen molar-refractivity contribution in [3.05, 3.63) is 0 Å². The molecule has 0 aliphatic carbocycles. The Morgan fingerprint density at radius 1 is 1.54 bits per heavy atom. The number of hydrogen-bond donors (Lipinski definition) is 2. The van der Waals surface area contributed by atoms with Gasteiger partial charge in [0, 0.05) is 6.54 Å². The van der Waals surface area contributed by atoms with Gasteiger partial charge in [-0.2, -0.15) is 0 Å². The van der Waals surface area contributed by atoms with E-state index < -0.39 is 24.4 Å². The summed E-state index contributed by atoms with van der Waals surface area (Å²) >= 11 is 0. The average molecular weight is 195 g/mol. The lowest BCUT2D eigenvalue weighted by atomic mass is 9.80. The maximum Gasteiger partial charge on any atom is 0.316 e. The molecule has 0 heterocycles. The van der Waals surface area contributed by atoms with Gasteiger partial charge in [0.2, 0.25) is 0 Å². The predicted molar refractivity (Wildman–Crippen MR) is 44.6 cm³/mol. The molecule has 5 heteroatoms. The molecule has 0 aliphatic heterocycles. The van der Waals surface area contributed by atoms with Crippen LogP contribution in [0.25, 0.3) is 0 Å². The number of rotatable bonds is 5. The van der Waals surface area contributed by atoms with Crippen LogP contribution in [0, 0.1) is 11.3 Å². The summed E-state index contributed by atoms with van der Waals surface area (Å²) in [6.45, 7) is 2.85. The first kappa shape index (κ1) is 12.3. The molecule has 0 amide bonds. The summed E-state index contributed by atoms with van der Waals surface area (Å²) in [7, 11) is 0. The van der Waals surface area contributed by atoms with E-state index in [0.717, 1.165) is 0 Å². The van der Waals surface area contributed by atoms with E-state index in [-0.39, 0.29) is 12.3 Å². The number of halogens is 2. The smallest absolute Gasteiger partial charge is 0.316 e. The third-order valence-corrected chi connectivity index (χ3v) is 1.98.